The molecule has 1 fully saturated rings. The number of imide groups is 1. The molecule has 1 saturated heterocycles. The Balaban J connectivity index is 2.55. The Bertz CT molecular complexity index is 177. The van der Waals surface area contributed by atoms with Gasteiger partial charge in [0, 0.05) is 12.8 Å². The summed E-state index contributed by atoms with van der Waals surface area (Å²) in [6, 6.07) is 0. The number of amides is 2. The van der Waals surface area contributed by atoms with Crippen LogP contribution in [-0.4, -0.2) is 34.2 Å². The third kappa shape index (κ3) is 1.76. The number of rotatable bonds is 2. The van der Waals surface area contributed by atoms with Gasteiger partial charge in [0.05, 0.1) is 0 Å². The van der Waals surface area contributed by atoms with Crippen LogP contribution >= 0.6 is 0 Å². The summed E-state index contributed by atoms with van der Waals surface area (Å²) in [4.78, 5) is 21.4. The molecule has 2 amide bonds. The fourth-order valence-corrected chi connectivity index (χ4v) is 0.768. The van der Waals surface area contributed by atoms with Crippen molar-refractivity contribution < 1.29 is 24.4 Å². The zero-order valence-corrected chi connectivity index (χ0v) is 5.56. The first-order valence-corrected chi connectivity index (χ1v) is 3.00. The Morgan fingerprint density at radius 1 is 1.27 bits per heavy atom. The fourth-order valence-electron chi connectivity index (χ4n) is 0.768. The molecule has 0 saturated carbocycles. The Morgan fingerprint density at radius 3 is 2.09 bits per heavy atom. The SMILES string of the molecule is O=C1CCC(=O)N1OB(O)O. The van der Waals surface area contributed by atoms with Gasteiger partial charge >= 0.3 is 7.32 Å². The molecule has 0 aromatic heterocycles. The summed E-state index contributed by atoms with van der Waals surface area (Å²) in [6.07, 6.45) is 0.122. The first kappa shape index (κ1) is 8.18. The fraction of sp³-hybridized carbons (Fsp3) is 0.500. The second-order valence-electron chi connectivity index (χ2n) is 2.01. The molecule has 0 aromatic carbocycles. The van der Waals surface area contributed by atoms with Crippen LogP contribution in [-0.2, 0) is 14.3 Å². The molecule has 0 atom stereocenters. The van der Waals surface area contributed by atoms with Crippen molar-refractivity contribution in [1.82, 2.24) is 5.06 Å². The van der Waals surface area contributed by atoms with Gasteiger partial charge in [-0.05, 0) is 0 Å². The molecule has 1 heterocycles. The van der Waals surface area contributed by atoms with Gasteiger partial charge in [-0.15, -0.1) is 0 Å². The maximum Gasteiger partial charge on any atom is 0.657 e. The van der Waals surface area contributed by atoms with E-state index < -0.39 is 19.1 Å². The lowest BCUT2D eigenvalue weighted by Crippen LogP contribution is -2.36. The molecule has 2 N–H and O–H groups in total. The molecule has 0 aliphatic carbocycles. The number of hydrogen-bond acceptors (Lipinski definition) is 5. The summed E-state index contributed by atoms with van der Waals surface area (Å²) in [6.45, 7) is 0. The van der Waals surface area contributed by atoms with Gasteiger partial charge in [-0.2, -0.15) is 5.06 Å². The number of carbonyl (C=O) groups is 2. The van der Waals surface area contributed by atoms with E-state index in [1.54, 1.807) is 0 Å². The van der Waals surface area contributed by atoms with E-state index in [0.717, 1.165) is 0 Å². The second-order valence-corrected chi connectivity index (χ2v) is 2.01. The normalized spacial score (nSPS) is 17.8. The smallest absolute Gasteiger partial charge is 0.400 e. The van der Waals surface area contributed by atoms with Crippen LogP contribution < -0.4 is 0 Å². The van der Waals surface area contributed by atoms with Gasteiger partial charge in [-0.25, -0.2) is 0 Å². The molecule has 7 heteroatoms. The molecule has 0 bridgehead atoms. The van der Waals surface area contributed by atoms with Crippen LogP contribution in [0, 0.1) is 0 Å². The quantitative estimate of drug-likeness (QED) is 0.360. The second kappa shape index (κ2) is 2.99. The van der Waals surface area contributed by atoms with E-state index in [4.69, 9.17) is 10.0 Å². The van der Waals surface area contributed by atoms with E-state index in [1.807, 2.05) is 0 Å². The highest BCUT2D eigenvalue weighted by Crippen LogP contribution is 2.11. The third-order valence-corrected chi connectivity index (χ3v) is 1.21. The molecule has 60 valence electrons. The monoisotopic (exact) mass is 159 g/mol. The van der Waals surface area contributed by atoms with Crippen molar-refractivity contribution in [3.05, 3.63) is 0 Å². The molecule has 6 nitrogen and oxygen atoms in total. The Labute approximate surface area is 62.5 Å². The summed E-state index contributed by atoms with van der Waals surface area (Å²) in [5, 5.41) is 16.8. The molecule has 0 aromatic rings. The number of hydrogen-bond donors (Lipinski definition) is 2. The van der Waals surface area contributed by atoms with Gasteiger partial charge in [0.25, 0.3) is 11.8 Å². The van der Waals surface area contributed by atoms with Gasteiger partial charge in [0.1, 0.15) is 0 Å². The van der Waals surface area contributed by atoms with Crippen LogP contribution in [0.2, 0.25) is 0 Å². The summed E-state index contributed by atoms with van der Waals surface area (Å²) in [5.74, 6) is -1.11. The van der Waals surface area contributed by atoms with Crippen LogP contribution in [0.15, 0.2) is 0 Å². The van der Waals surface area contributed by atoms with E-state index in [0.29, 0.717) is 5.06 Å². The molecule has 0 radical (unpaired) electrons. The van der Waals surface area contributed by atoms with Crippen molar-refractivity contribution >= 4 is 19.1 Å². The van der Waals surface area contributed by atoms with Gasteiger partial charge in [-0.1, -0.05) is 0 Å². The van der Waals surface area contributed by atoms with Crippen molar-refractivity contribution in [3.8, 4) is 0 Å². The Kier molecular flexibility index (Phi) is 2.23. The summed E-state index contributed by atoms with van der Waals surface area (Å²) in [5.41, 5.74) is 0. The van der Waals surface area contributed by atoms with Crippen molar-refractivity contribution in [2.75, 3.05) is 0 Å². The van der Waals surface area contributed by atoms with Gasteiger partial charge in [0.15, 0.2) is 0 Å². The molecule has 1 rings (SSSR count). The van der Waals surface area contributed by atoms with Gasteiger partial charge in [-0.3, -0.25) is 14.3 Å². The van der Waals surface area contributed by atoms with Crippen LogP contribution in [0.1, 0.15) is 12.8 Å². The minimum Gasteiger partial charge on any atom is -0.400 e. The molecule has 0 unspecified atom stereocenters. The molecular weight excluding hydrogens is 153 g/mol. The Morgan fingerprint density at radius 2 is 1.73 bits per heavy atom. The number of carbonyl (C=O) groups excluding carboxylic acids is 2. The van der Waals surface area contributed by atoms with Crippen molar-refractivity contribution in [2.24, 2.45) is 0 Å². The zero-order valence-electron chi connectivity index (χ0n) is 5.56. The molecular formula is C4H6BNO5. The van der Waals surface area contributed by atoms with E-state index in [1.165, 1.54) is 0 Å². The van der Waals surface area contributed by atoms with Gasteiger partial charge in [0.2, 0.25) is 0 Å². The summed E-state index contributed by atoms with van der Waals surface area (Å²) in [7, 11) is -2.12. The lowest BCUT2D eigenvalue weighted by Gasteiger charge is -2.11. The minimum absolute atomic E-state index is 0.0611. The largest absolute Gasteiger partial charge is 0.657 e. The Hall–Kier alpha value is -0.915. The number of nitrogens with zero attached hydrogens (tertiary/aromatic N) is 1. The molecule has 0 spiro atoms. The van der Waals surface area contributed by atoms with Crippen LogP contribution in [0.4, 0.5) is 0 Å². The zero-order chi connectivity index (χ0) is 8.43. The van der Waals surface area contributed by atoms with E-state index in [9.17, 15) is 9.59 Å². The van der Waals surface area contributed by atoms with Crippen molar-refractivity contribution in [1.29, 1.82) is 0 Å². The molecule has 1 aliphatic heterocycles. The summed E-state index contributed by atoms with van der Waals surface area (Å²) < 4.78 is 4.08. The highest BCUT2D eigenvalue weighted by Gasteiger charge is 2.33. The molecule has 1 aliphatic rings. The van der Waals surface area contributed by atoms with Gasteiger partial charge < -0.3 is 10.0 Å². The highest BCUT2D eigenvalue weighted by molar-refractivity contribution is 6.33. The van der Waals surface area contributed by atoms with Crippen LogP contribution in [0.25, 0.3) is 0 Å². The van der Waals surface area contributed by atoms with Crippen LogP contribution in [0.3, 0.4) is 0 Å². The summed E-state index contributed by atoms with van der Waals surface area (Å²) >= 11 is 0. The lowest BCUT2D eigenvalue weighted by molar-refractivity contribution is -0.170. The third-order valence-electron chi connectivity index (χ3n) is 1.21. The minimum atomic E-state index is -2.12. The molecule has 11 heavy (non-hydrogen) atoms. The van der Waals surface area contributed by atoms with Crippen LogP contribution in [0.5, 0.6) is 0 Å². The predicted octanol–water partition coefficient (Wildman–Crippen LogP) is -1.96. The standard InChI is InChI=1S/C4H6BNO5/c7-3-1-2-4(8)6(3)11-5(9)10/h9-10H,1-2H2. The lowest BCUT2D eigenvalue weighted by atomic mass is 10.3. The van der Waals surface area contributed by atoms with E-state index in [2.05, 4.69) is 4.76 Å². The number of hydroxylamine groups is 2. The van der Waals surface area contributed by atoms with E-state index >= 15 is 0 Å². The average molecular weight is 159 g/mol. The average Bonchev–Trinajstić information content (AvgIpc) is 2.18. The van der Waals surface area contributed by atoms with Crippen molar-refractivity contribution in [3.63, 3.8) is 0 Å². The maximum atomic E-state index is 10.7. The van der Waals surface area contributed by atoms with E-state index in [-0.39, 0.29) is 12.8 Å². The predicted molar refractivity (Wildman–Crippen MR) is 32.4 cm³/mol. The first-order chi connectivity index (χ1) is 5.11. The maximum absolute atomic E-state index is 10.7. The topological polar surface area (TPSA) is 87.1 Å². The first-order valence-electron chi connectivity index (χ1n) is 3.00. The van der Waals surface area contributed by atoms with Crippen molar-refractivity contribution in [2.45, 2.75) is 12.8 Å². The highest BCUT2D eigenvalue weighted by atomic mass is 16.8.